The number of nitrogens with one attached hydrogen (secondary N) is 1. The molecular weight excluding hydrogens is 396 g/mol. The summed E-state index contributed by atoms with van der Waals surface area (Å²) in [5.74, 6) is -0.534. The highest BCUT2D eigenvalue weighted by molar-refractivity contribution is 6.02. The molecule has 8 heteroatoms. The molecule has 2 aromatic rings. The molecule has 0 radical (unpaired) electrons. The third kappa shape index (κ3) is 4.69. The first kappa shape index (κ1) is 22.3. The Morgan fingerprint density at radius 2 is 1.65 bits per heavy atom. The highest BCUT2D eigenvalue weighted by Crippen LogP contribution is 2.23. The number of methoxy groups -OCH3 is 1. The number of nitrogens with two attached hydrogens (primary N) is 1. The topological polar surface area (TPSA) is 105 Å². The number of aryl methyl sites for hydroxylation is 2. The molecule has 0 aliphatic carbocycles. The quantitative estimate of drug-likeness (QED) is 0.728. The summed E-state index contributed by atoms with van der Waals surface area (Å²) >= 11 is 0. The number of nitrogens with zero attached hydrogens (tertiary/aromatic N) is 2. The number of benzene rings is 2. The maximum Gasteiger partial charge on any atom is 0.263 e. The van der Waals surface area contributed by atoms with Crippen LogP contribution in [0.1, 0.15) is 31.8 Å². The van der Waals surface area contributed by atoms with Gasteiger partial charge in [0, 0.05) is 37.3 Å². The van der Waals surface area contributed by atoms with Gasteiger partial charge in [-0.15, -0.1) is 0 Å². The van der Waals surface area contributed by atoms with Gasteiger partial charge < -0.3 is 25.6 Å². The predicted octanol–water partition coefficient (Wildman–Crippen LogP) is 1.31. The fraction of sp³-hybridized carbons (Fsp3) is 0.348. The van der Waals surface area contributed by atoms with E-state index < -0.39 is 12.1 Å². The van der Waals surface area contributed by atoms with E-state index >= 15 is 0 Å². The minimum atomic E-state index is -1.06. The van der Waals surface area contributed by atoms with Crippen LogP contribution in [0.5, 0.6) is 5.75 Å². The smallest absolute Gasteiger partial charge is 0.263 e. The van der Waals surface area contributed by atoms with Gasteiger partial charge in [-0.2, -0.15) is 0 Å². The lowest BCUT2D eigenvalue weighted by Crippen LogP contribution is -2.54. The molecule has 164 valence electrons. The van der Waals surface area contributed by atoms with Crippen LogP contribution < -0.4 is 15.8 Å². The van der Waals surface area contributed by atoms with Crippen LogP contribution in [-0.4, -0.2) is 67.0 Å². The summed E-state index contributed by atoms with van der Waals surface area (Å²) in [6.45, 7) is 4.91. The summed E-state index contributed by atoms with van der Waals surface area (Å²) in [4.78, 5) is 42.3. The van der Waals surface area contributed by atoms with Crippen molar-refractivity contribution in [3.05, 3.63) is 64.7 Å². The molecule has 2 aromatic carbocycles. The third-order valence-electron chi connectivity index (χ3n) is 5.44. The first-order valence-corrected chi connectivity index (χ1v) is 10.2. The molecule has 1 aliphatic heterocycles. The average molecular weight is 425 g/mol. The summed E-state index contributed by atoms with van der Waals surface area (Å²) < 4.78 is 5.20. The number of rotatable bonds is 6. The molecule has 1 aliphatic rings. The normalized spacial score (nSPS) is 15.7. The van der Waals surface area contributed by atoms with Gasteiger partial charge in [0.25, 0.3) is 17.7 Å². The lowest BCUT2D eigenvalue weighted by atomic mass is 10.1. The van der Waals surface area contributed by atoms with Gasteiger partial charge in [-0.25, -0.2) is 0 Å². The van der Waals surface area contributed by atoms with Crippen LogP contribution in [-0.2, 0) is 4.79 Å². The van der Waals surface area contributed by atoms with Crippen molar-refractivity contribution in [2.24, 2.45) is 5.73 Å². The molecule has 1 heterocycles. The Morgan fingerprint density at radius 1 is 1.00 bits per heavy atom. The molecular formula is C23H28N4O4. The third-order valence-corrected chi connectivity index (χ3v) is 5.44. The molecule has 1 unspecified atom stereocenters. The first-order valence-electron chi connectivity index (χ1n) is 10.2. The second-order valence-corrected chi connectivity index (χ2v) is 7.48. The Morgan fingerprint density at radius 3 is 2.23 bits per heavy atom. The summed E-state index contributed by atoms with van der Waals surface area (Å²) in [5.41, 5.74) is 8.45. The van der Waals surface area contributed by atoms with Crippen LogP contribution in [0.3, 0.4) is 0 Å². The monoisotopic (exact) mass is 424 g/mol. The zero-order chi connectivity index (χ0) is 22.5. The largest absolute Gasteiger partial charge is 0.497 e. The van der Waals surface area contributed by atoms with E-state index in [4.69, 9.17) is 10.5 Å². The lowest BCUT2D eigenvalue weighted by molar-refractivity contribution is -0.128. The Kier molecular flexibility index (Phi) is 6.91. The molecule has 3 rings (SSSR count). The second kappa shape index (κ2) is 9.61. The number of ether oxygens (including phenoxy) is 1. The van der Waals surface area contributed by atoms with E-state index in [0.29, 0.717) is 16.9 Å². The lowest BCUT2D eigenvalue weighted by Gasteiger charge is -2.29. The number of carbonyl (C=O) groups is 3. The summed E-state index contributed by atoms with van der Waals surface area (Å²) in [6.07, 6.45) is -1.06. The Bertz CT molecular complexity index is 991. The van der Waals surface area contributed by atoms with Crippen LogP contribution >= 0.6 is 0 Å². The van der Waals surface area contributed by atoms with Gasteiger partial charge in [-0.3, -0.25) is 14.4 Å². The van der Waals surface area contributed by atoms with Crippen molar-refractivity contribution in [3.63, 3.8) is 0 Å². The number of hydrogen-bond acceptors (Lipinski definition) is 5. The highest BCUT2D eigenvalue weighted by atomic mass is 16.5. The predicted molar refractivity (Wildman–Crippen MR) is 117 cm³/mol. The fourth-order valence-electron chi connectivity index (χ4n) is 3.59. The molecule has 0 spiro atoms. The van der Waals surface area contributed by atoms with Crippen molar-refractivity contribution < 1.29 is 19.1 Å². The Balaban J connectivity index is 1.92. The van der Waals surface area contributed by atoms with E-state index in [1.807, 2.05) is 19.9 Å². The van der Waals surface area contributed by atoms with Crippen LogP contribution in [0.25, 0.3) is 0 Å². The van der Waals surface area contributed by atoms with Crippen LogP contribution in [0.2, 0.25) is 0 Å². The molecule has 1 atom stereocenters. The summed E-state index contributed by atoms with van der Waals surface area (Å²) in [5, 5.41) is 2.71. The molecule has 8 nitrogen and oxygen atoms in total. The average Bonchev–Trinajstić information content (AvgIpc) is 3.23. The summed E-state index contributed by atoms with van der Waals surface area (Å²) in [6, 6.07) is 12.1. The van der Waals surface area contributed by atoms with Crippen molar-refractivity contribution in [3.8, 4) is 5.75 Å². The molecule has 0 bridgehead atoms. The van der Waals surface area contributed by atoms with Crippen molar-refractivity contribution in [2.45, 2.75) is 20.0 Å². The van der Waals surface area contributed by atoms with E-state index in [1.165, 1.54) is 16.9 Å². The molecule has 0 saturated carbocycles. The molecule has 1 saturated heterocycles. The van der Waals surface area contributed by atoms with Crippen LogP contribution in [0.15, 0.2) is 42.5 Å². The van der Waals surface area contributed by atoms with Gasteiger partial charge in [0.15, 0.2) is 6.17 Å². The zero-order valence-corrected chi connectivity index (χ0v) is 18.1. The molecule has 1 fully saturated rings. The van der Waals surface area contributed by atoms with Crippen molar-refractivity contribution >= 4 is 17.7 Å². The standard InChI is InChI=1S/C23H28N4O4/c1-15-7-8-18(13-16(15)2)23(30)27-12-11-26(21(27)20(28)25-10-9-24)22(29)17-5-4-6-19(14-17)31-3/h4-8,13-14,21H,9-12,24H2,1-3H3,(H,25,28). The minimum absolute atomic E-state index is 0.243. The van der Waals surface area contributed by atoms with Crippen molar-refractivity contribution in [2.75, 3.05) is 33.3 Å². The van der Waals surface area contributed by atoms with Crippen LogP contribution in [0, 0.1) is 13.8 Å². The molecule has 31 heavy (non-hydrogen) atoms. The fourth-order valence-corrected chi connectivity index (χ4v) is 3.59. The van der Waals surface area contributed by atoms with E-state index in [2.05, 4.69) is 5.32 Å². The number of hydrogen-bond donors (Lipinski definition) is 2. The van der Waals surface area contributed by atoms with Crippen LogP contribution in [0.4, 0.5) is 0 Å². The molecule has 3 N–H and O–H groups in total. The van der Waals surface area contributed by atoms with Gasteiger partial charge in [-0.05, 0) is 55.3 Å². The van der Waals surface area contributed by atoms with E-state index in [0.717, 1.165) is 11.1 Å². The zero-order valence-electron chi connectivity index (χ0n) is 18.1. The summed E-state index contributed by atoms with van der Waals surface area (Å²) in [7, 11) is 1.52. The van der Waals surface area contributed by atoms with Gasteiger partial charge in [0.05, 0.1) is 7.11 Å². The second-order valence-electron chi connectivity index (χ2n) is 7.48. The van der Waals surface area contributed by atoms with Gasteiger partial charge in [0.1, 0.15) is 5.75 Å². The molecule has 0 aromatic heterocycles. The van der Waals surface area contributed by atoms with Crippen molar-refractivity contribution in [1.82, 2.24) is 15.1 Å². The van der Waals surface area contributed by atoms with Gasteiger partial charge in [0.2, 0.25) is 0 Å². The first-order chi connectivity index (χ1) is 14.9. The van der Waals surface area contributed by atoms with Crippen molar-refractivity contribution in [1.29, 1.82) is 0 Å². The maximum atomic E-state index is 13.3. The highest BCUT2D eigenvalue weighted by Gasteiger charge is 2.43. The SMILES string of the molecule is COc1cccc(C(=O)N2CCN(C(=O)c3ccc(C)c(C)c3)C2C(=O)NCCN)c1. The van der Waals surface area contributed by atoms with E-state index in [1.54, 1.807) is 36.4 Å². The Hall–Kier alpha value is -3.39. The van der Waals surface area contributed by atoms with E-state index in [-0.39, 0.29) is 38.0 Å². The maximum absolute atomic E-state index is 13.3. The number of carbonyl (C=O) groups excluding carboxylic acids is 3. The number of amides is 3. The van der Waals surface area contributed by atoms with Gasteiger partial charge >= 0.3 is 0 Å². The Labute approximate surface area is 182 Å². The minimum Gasteiger partial charge on any atom is -0.497 e. The van der Waals surface area contributed by atoms with Gasteiger partial charge in [-0.1, -0.05) is 12.1 Å². The molecule has 3 amide bonds. The van der Waals surface area contributed by atoms with E-state index in [9.17, 15) is 14.4 Å².